The van der Waals surface area contributed by atoms with E-state index in [-0.39, 0.29) is 5.91 Å². The molecule has 0 aliphatic rings. The molecule has 1 heterocycles. The van der Waals surface area contributed by atoms with Gasteiger partial charge in [-0.2, -0.15) is 5.10 Å². The lowest BCUT2D eigenvalue weighted by Gasteiger charge is -2.02. The Bertz CT molecular complexity index is 561. The van der Waals surface area contributed by atoms with Crippen LogP contribution in [0.3, 0.4) is 0 Å². The fourth-order valence-electron chi connectivity index (χ4n) is 1.56. The second-order valence-corrected chi connectivity index (χ2v) is 3.99. The van der Waals surface area contributed by atoms with Crippen LogP contribution in [0.2, 0.25) is 0 Å². The zero-order valence-electron chi connectivity index (χ0n) is 11.2. The molecule has 0 aliphatic heterocycles. The zero-order valence-corrected chi connectivity index (χ0v) is 11.2. The van der Waals surface area contributed by atoms with Gasteiger partial charge in [-0.1, -0.05) is 12.1 Å². The average molecular weight is 272 g/mol. The van der Waals surface area contributed by atoms with Crippen molar-refractivity contribution in [2.45, 2.75) is 13.5 Å². The summed E-state index contributed by atoms with van der Waals surface area (Å²) in [4.78, 5) is 15.5. The molecular formula is C14H16N4O2. The highest BCUT2D eigenvalue weighted by Crippen LogP contribution is 2.12. The van der Waals surface area contributed by atoms with Crippen molar-refractivity contribution in [3.8, 4) is 5.75 Å². The molecule has 2 N–H and O–H groups in total. The van der Waals surface area contributed by atoms with Crippen LogP contribution in [0.4, 0.5) is 0 Å². The first-order valence-electron chi connectivity index (χ1n) is 6.31. The molecule has 0 aliphatic carbocycles. The van der Waals surface area contributed by atoms with Gasteiger partial charge in [0.25, 0.3) is 0 Å². The number of hydrogen-bond donors (Lipinski definition) is 2. The van der Waals surface area contributed by atoms with E-state index in [9.17, 15) is 4.79 Å². The maximum atomic E-state index is 11.6. The molecule has 6 heteroatoms. The number of carbonyl (C=O) groups is 1. The van der Waals surface area contributed by atoms with Gasteiger partial charge in [0.15, 0.2) is 0 Å². The van der Waals surface area contributed by atoms with Crippen LogP contribution in [0, 0.1) is 0 Å². The fourth-order valence-corrected chi connectivity index (χ4v) is 1.56. The first kappa shape index (κ1) is 13.8. The summed E-state index contributed by atoms with van der Waals surface area (Å²) in [6.45, 7) is 2.90. The molecule has 2 rings (SSSR count). The second-order valence-electron chi connectivity index (χ2n) is 3.99. The second kappa shape index (κ2) is 7.08. The molecule has 1 amide bonds. The summed E-state index contributed by atoms with van der Waals surface area (Å²) in [5, 5.41) is 9.07. The molecule has 0 saturated carbocycles. The van der Waals surface area contributed by atoms with E-state index in [0.717, 1.165) is 11.3 Å². The SMILES string of the molecule is CCOc1ccc(/C=C/C(=O)NCc2ncn[nH]2)cc1. The van der Waals surface area contributed by atoms with Crippen molar-refractivity contribution in [3.63, 3.8) is 0 Å². The van der Waals surface area contributed by atoms with Gasteiger partial charge in [0.05, 0.1) is 13.2 Å². The Hall–Kier alpha value is -2.63. The van der Waals surface area contributed by atoms with E-state index in [1.165, 1.54) is 12.4 Å². The summed E-state index contributed by atoms with van der Waals surface area (Å²) < 4.78 is 5.35. The number of carbonyl (C=O) groups excluding carboxylic acids is 1. The van der Waals surface area contributed by atoms with Crippen molar-refractivity contribution in [2.75, 3.05) is 6.61 Å². The van der Waals surface area contributed by atoms with Crippen LogP contribution >= 0.6 is 0 Å². The van der Waals surface area contributed by atoms with Crippen molar-refractivity contribution < 1.29 is 9.53 Å². The number of H-pyrrole nitrogens is 1. The van der Waals surface area contributed by atoms with E-state index < -0.39 is 0 Å². The number of rotatable bonds is 6. The number of aromatic amines is 1. The first-order chi connectivity index (χ1) is 9.78. The highest BCUT2D eigenvalue weighted by molar-refractivity contribution is 5.91. The topological polar surface area (TPSA) is 79.9 Å². The summed E-state index contributed by atoms with van der Waals surface area (Å²) >= 11 is 0. The van der Waals surface area contributed by atoms with Crippen molar-refractivity contribution >= 4 is 12.0 Å². The first-order valence-corrected chi connectivity index (χ1v) is 6.31. The van der Waals surface area contributed by atoms with Gasteiger partial charge >= 0.3 is 0 Å². The third kappa shape index (κ3) is 4.24. The molecule has 1 aromatic carbocycles. The van der Waals surface area contributed by atoms with Gasteiger partial charge < -0.3 is 10.1 Å². The smallest absolute Gasteiger partial charge is 0.244 e. The highest BCUT2D eigenvalue weighted by Gasteiger charge is 1.98. The molecule has 0 radical (unpaired) electrons. The molecule has 0 fully saturated rings. The molecule has 1 aromatic heterocycles. The van der Waals surface area contributed by atoms with Crippen molar-refractivity contribution in [1.82, 2.24) is 20.5 Å². The Morgan fingerprint density at radius 1 is 1.40 bits per heavy atom. The average Bonchev–Trinajstić information content (AvgIpc) is 2.98. The lowest BCUT2D eigenvalue weighted by atomic mass is 10.2. The van der Waals surface area contributed by atoms with Crippen LogP contribution in [0.5, 0.6) is 5.75 Å². The van der Waals surface area contributed by atoms with E-state index in [4.69, 9.17) is 4.74 Å². The van der Waals surface area contributed by atoms with Gasteiger partial charge in [0, 0.05) is 6.08 Å². The van der Waals surface area contributed by atoms with Crippen LogP contribution < -0.4 is 10.1 Å². The molecule has 0 spiro atoms. The molecule has 104 valence electrons. The Balaban J connectivity index is 1.83. The van der Waals surface area contributed by atoms with Gasteiger partial charge in [-0.05, 0) is 30.7 Å². The summed E-state index contributed by atoms with van der Waals surface area (Å²) in [7, 11) is 0. The Kier molecular flexibility index (Phi) is 4.88. The van der Waals surface area contributed by atoms with Gasteiger partial charge in [0.2, 0.25) is 5.91 Å². The van der Waals surface area contributed by atoms with Crippen LogP contribution in [0.25, 0.3) is 6.08 Å². The van der Waals surface area contributed by atoms with Crippen LogP contribution in [-0.4, -0.2) is 27.7 Å². The Labute approximate surface area is 116 Å². The maximum absolute atomic E-state index is 11.6. The fraction of sp³-hybridized carbons (Fsp3) is 0.214. The third-order valence-corrected chi connectivity index (χ3v) is 2.51. The number of amides is 1. The summed E-state index contributed by atoms with van der Waals surface area (Å²) in [5.74, 6) is 1.25. The minimum absolute atomic E-state index is 0.185. The Morgan fingerprint density at radius 2 is 2.20 bits per heavy atom. The lowest BCUT2D eigenvalue weighted by molar-refractivity contribution is -0.116. The molecule has 0 bridgehead atoms. The zero-order chi connectivity index (χ0) is 14.2. The normalized spacial score (nSPS) is 10.7. The molecule has 6 nitrogen and oxygen atoms in total. The van der Waals surface area contributed by atoms with Crippen LogP contribution in [-0.2, 0) is 11.3 Å². The number of benzene rings is 1. The lowest BCUT2D eigenvalue weighted by Crippen LogP contribution is -2.20. The number of nitrogens with one attached hydrogen (secondary N) is 2. The maximum Gasteiger partial charge on any atom is 0.244 e. The molecule has 0 atom stereocenters. The minimum Gasteiger partial charge on any atom is -0.494 e. The number of ether oxygens (including phenoxy) is 1. The monoisotopic (exact) mass is 272 g/mol. The van der Waals surface area contributed by atoms with Gasteiger partial charge in [0.1, 0.15) is 17.9 Å². The third-order valence-electron chi connectivity index (χ3n) is 2.51. The van der Waals surface area contributed by atoms with Crippen molar-refractivity contribution in [3.05, 3.63) is 48.1 Å². The van der Waals surface area contributed by atoms with E-state index >= 15 is 0 Å². The standard InChI is InChI=1S/C14H16N4O2/c1-2-20-12-6-3-11(4-7-12)5-8-14(19)15-9-13-16-10-17-18-13/h3-8,10H,2,9H2,1H3,(H,15,19)(H,16,17,18)/b8-5+. The Morgan fingerprint density at radius 3 is 2.85 bits per heavy atom. The van der Waals surface area contributed by atoms with Crippen LogP contribution in [0.15, 0.2) is 36.7 Å². The van der Waals surface area contributed by atoms with Gasteiger partial charge in [-0.3, -0.25) is 9.89 Å². The highest BCUT2D eigenvalue weighted by atomic mass is 16.5. The van der Waals surface area contributed by atoms with Gasteiger partial charge in [-0.25, -0.2) is 4.98 Å². The number of nitrogens with zero attached hydrogens (tertiary/aromatic N) is 2. The summed E-state index contributed by atoms with van der Waals surface area (Å²) in [5.41, 5.74) is 0.934. The molecule has 0 saturated heterocycles. The summed E-state index contributed by atoms with van der Waals surface area (Å²) in [6.07, 6.45) is 4.62. The quantitative estimate of drug-likeness (QED) is 0.782. The number of hydrogen-bond acceptors (Lipinski definition) is 4. The van der Waals surface area contributed by atoms with Gasteiger partial charge in [-0.15, -0.1) is 0 Å². The summed E-state index contributed by atoms with van der Waals surface area (Å²) in [6, 6.07) is 7.53. The van der Waals surface area contributed by atoms with E-state index in [2.05, 4.69) is 20.5 Å². The predicted molar refractivity (Wildman–Crippen MR) is 74.9 cm³/mol. The molecule has 20 heavy (non-hydrogen) atoms. The van der Waals surface area contributed by atoms with E-state index in [1.807, 2.05) is 31.2 Å². The predicted octanol–water partition coefficient (Wildman–Crippen LogP) is 1.53. The minimum atomic E-state index is -0.185. The number of aromatic nitrogens is 3. The molecular weight excluding hydrogens is 256 g/mol. The largest absolute Gasteiger partial charge is 0.494 e. The van der Waals surface area contributed by atoms with E-state index in [0.29, 0.717) is 19.0 Å². The van der Waals surface area contributed by atoms with E-state index in [1.54, 1.807) is 6.08 Å². The molecule has 0 unspecified atom stereocenters. The molecule has 2 aromatic rings. The van der Waals surface area contributed by atoms with Crippen molar-refractivity contribution in [2.24, 2.45) is 0 Å². The van der Waals surface area contributed by atoms with Crippen molar-refractivity contribution in [1.29, 1.82) is 0 Å². The van der Waals surface area contributed by atoms with Crippen LogP contribution in [0.1, 0.15) is 18.3 Å².